The number of hydrogen-bond acceptors (Lipinski definition) is 7. The number of aromatic nitrogens is 3. The molecule has 5 rings (SSSR count). The lowest BCUT2D eigenvalue weighted by atomic mass is 10.0. The summed E-state index contributed by atoms with van der Waals surface area (Å²) < 4.78 is 26.7. The number of para-hydroxylation sites is 2. The van der Waals surface area contributed by atoms with E-state index in [9.17, 15) is 19.1 Å². The van der Waals surface area contributed by atoms with Gasteiger partial charge in [-0.1, -0.05) is 48.2 Å². The maximum absolute atomic E-state index is 14.2. The summed E-state index contributed by atoms with van der Waals surface area (Å²) in [6.07, 6.45) is -0.737. The van der Waals surface area contributed by atoms with Crippen molar-refractivity contribution in [3.05, 3.63) is 94.0 Å². The van der Waals surface area contributed by atoms with Gasteiger partial charge >= 0.3 is 17.2 Å². The second-order valence-corrected chi connectivity index (χ2v) is 9.05. The Bertz CT molecular complexity index is 1540. The molecule has 37 heavy (non-hydrogen) atoms. The van der Waals surface area contributed by atoms with Crippen LogP contribution in [0.4, 0.5) is 10.1 Å². The van der Waals surface area contributed by atoms with Gasteiger partial charge < -0.3 is 19.9 Å². The molecule has 9 nitrogen and oxygen atoms in total. The highest BCUT2D eigenvalue weighted by molar-refractivity contribution is 7.98. The molecule has 3 N–H and O–H groups in total. The Morgan fingerprint density at radius 1 is 1.14 bits per heavy atom. The molecule has 0 saturated carbocycles. The van der Waals surface area contributed by atoms with Crippen LogP contribution in [0, 0.1) is 5.82 Å². The van der Waals surface area contributed by atoms with E-state index in [2.05, 4.69) is 10.3 Å². The third kappa shape index (κ3) is 4.85. The van der Waals surface area contributed by atoms with E-state index in [1.165, 1.54) is 29.6 Å². The van der Waals surface area contributed by atoms with Gasteiger partial charge in [0.15, 0.2) is 18.1 Å². The number of aromatic amines is 1. The normalized spacial score (nSPS) is 13.7. The Balaban J connectivity index is 1.62. The van der Waals surface area contributed by atoms with Gasteiger partial charge in [-0.2, -0.15) is 0 Å². The quantitative estimate of drug-likeness (QED) is 0.238. The number of anilines is 1. The summed E-state index contributed by atoms with van der Waals surface area (Å²) in [7, 11) is 1.46. The fourth-order valence-electron chi connectivity index (χ4n) is 4.12. The third-order valence-electron chi connectivity index (χ3n) is 5.77. The average molecular weight is 522 g/mol. The van der Waals surface area contributed by atoms with Crippen LogP contribution in [0.5, 0.6) is 11.5 Å². The van der Waals surface area contributed by atoms with Crippen molar-refractivity contribution in [2.45, 2.75) is 17.1 Å². The summed E-state index contributed by atoms with van der Waals surface area (Å²) in [5.74, 6) is -0.678. The Kier molecular flexibility index (Phi) is 6.78. The van der Waals surface area contributed by atoms with E-state index in [-0.39, 0.29) is 22.9 Å². The van der Waals surface area contributed by atoms with Crippen LogP contribution in [-0.4, -0.2) is 34.9 Å². The van der Waals surface area contributed by atoms with E-state index < -0.39 is 18.7 Å². The van der Waals surface area contributed by atoms with Crippen molar-refractivity contribution in [1.29, 1.82) is 0 Å². The number of rotatable bonds is 8. The number of methoxy groups -OCH3 is 1. The molecule has 2 heterocycles. The monoisotopic (exact) mass is 521 g/mol. The van der Waals surface area contributed by atoms with Gasteiger partial charge in [0.2, 0.25) is 5.16 Å². The number of nitrogens with one attached hydrogen (secondary N) is 2. The van der Waals surface area contributed by atoms with Crippen LogP contribution in [-0.2, 0) is 10.5 Å². The number of carboxylic acids is 1. The number of carboxylic acid groups (broad SMARTS) is 1. The van der Waals surface area contributed by atoms with E-state index in [4.69, 9.17) is 14.6 Å². The topological polar surface area (TPSA) is 117 Å². The Morgan fingerprint density at radius 2 is 1.92 bits per heavy atom. The molecule has 11 heteroatoms. The number of benzene rings is 3. The Hall–Kier alpha value is -4.38. The molecule has 1 aliphatic rings. The SMILES string of the molecule is COc1cccc([C@H]2Nc3ccccc3-c3c(=O)[nH]c(SCc4ccccc4F)n[n+]32)c1OCC(=O)O. The number of halogens is 1. The zero-order chi connectivity index (χ0) is 25.9. The van der Waals surface area contributed by atoms with Crippen molar-refractivity contribution in [3.8, 4) is 22.8 Å². The van der Waals surface area contributed by atoms with Gasteiger partial charge in [0, 0.05) is 10.9 Å². The van der Waals surface area contributed by atoms with Gasteiger partial charge in [-0.15, -0.1) is 0 Å². The molecule has 0 fully saturated rings. The number of hydrogen-bond donors (Lipinski definition) is 3. The van der Waals surface area contributed by atoms with Crippen molar-refractivity contribution in [1.82, 2.24) is 10.1 Å². The van der Waals surface area contributed by atoms with Crippen molar-refractivity contribution < 1.29 is 28.4 Å². The molecular formula is C26H22FN4O5S+. The average Bonchev–Trinajstić information content (AvgIpc) is 2.90. The molecule has 188 valence electrons. The molecule has 1 aromatic heterocycles. The summed E-state index contributed by atoms with van der Waals surface area (Å²) in [6.45, 7) is -0.583. The van der Waals surface area contributed by atoms with Crippen LogP contribution in [0.1, 0.15) is 17.3 Å². The second-order valence-electron chi connectivity index (χ2n) is 8.09. The van der Waals surface area contributed by atoms with Gasteiger partial charge in [-0.3, -0.25) is 9.78 Å². The summed E-state index contributed by atoms with van der Waals surface area (Å²) in [5, 5.41) is 17.6. The predicted molar refractivity (Wildman–Crippen MR) is 134 cm³/mol. The first-order valence-electron chi connectivity index (χ1n) is 11.3. The van der Waals surface area contributed by atoms with Gasteiger partial charge in [-0.25, -0.2) is 9.18 Å². The lowest BCUT2D eigenvalue weighted by Crippen LogP contribution is -2.55. The molecule has 0 bridgehead atoms. The summed E-state index contributed by atoms with van der Waals surface area (Å²) in [6, 6.07) is 18.9. The first-order valence-corrected chi connectivity index (χ1v) is 12.2. The van der Waals surface area contributed by atoms with Crippen LogP contribution in [0.2, 0.25) is 0 Å². The van der Waals surface area contributed by atoms with E-state index in [0.29, 0.717) is 39.0 Å². The minimum absolute atomic E-state index is 0.213. The van der Waals surface area contributed by atoms with Crippen LogP contribution < -0.4 is 25.0 Å². The van der Waals surface area contributed by atoms with Crippen LogP contribution in [0.3, 0.4) is 0 Å². The molecule has 0 unspecified atom stereocenters. The number of H-pyrrole nitrogens is 1. The standard InChI is InChI=1S/C26H21FN4O5S/c1-35-20-12-6-9-17(23(20)36-13-21(32)33)24-28-19-11-5-3-8-16(19)22-25(34)29-26(30-31(22)24)37-14-15-7-2-4-10-18(15)27/h2-12,24H,13-14H2,1H3,(H2,29,30,32,33,34)/p+1/t24-/m0/s1. The van der Waals surface area contributed by atoms with E-state index in [0.717, 1.165) is 0 Å². The highest BCUT2D eigenvalue weighted by Crippen LogP contribution is 2.38. The molecule has 4 aromatic rings. The highest BCUT2D eigenvalue weighted by Gasteiger charge is 2.39. The van der Waals surface area contributed by atoms with Crippen molar-refractivity contribution in [3.63, 3.8) is 0 Å². The van der Waals surface area contributed by atoms with E-state index in [1.807, 2.05) is 18.2 Å². The summed E-state index contributed by atoms with van der Waals surface area (Å²) in [5.41, 5.74) is 2.27. The number of carbonyl (C=O) groups is 1. The minimum atomic E-state index is -1.15. The molecule has 1 atom stereocenters. The smallest absolute Gasteiger partial charge is 0.341 e. The summed E-state index contributed by atoms with van der Waals surface area (Å²) in [4.78, 5) is 27.4. The maximum Gasteiger partial charge on any atom is 0.341 e. The van der Waals surface area contributed by atoms with Crippen molar-refractivity contribution in [2.24, 2.45) is 0 Å². The lowest BCUT2D eigenvalue weighted by Gasteiger charge is -2.24. The zero-order valence-electron chi connectivity index (χ0n) is 19.6. The summed E-state index contributed by atoms with van der Waals surface area (Å²) >= 11 is 1.19. The van der Waals surface area contributed by atoms with E-state index in [1.54, 1.807) is 42.5 Å². The van der Waals surface area contributed by atoms with Crippen LogP contribution in [0.15, 0.2) is 76.7 Å². The molecule has 0 radical (unpaired) electrons. The number of thioether (sulfide) groups is 1. The molecule has 0 spiro atoms. The van der Waals surface area contributed by atoms with Gasteiger partial charge in [0.25, 0.3) is 6.17 Å². The highest BCUT2D eigenvalue weighted by atomic mass is 32.2. The van der Waals surface area contributed by atoms with Crippen LogP contribution in [0.25, 0.3) is 11.3 Å². The lowest BCUT2D eigenvalue weighted by molar-refractivity contribution is -0.759. The second kappa shape index (κ2) is 10.3. The molecule has 3 aromatic carbocycles. The van der Waals surface area contributed by atoms with Crippen LogP contribution >= 0.6 is 11.8 Å². The fraction of sp³-hybridized carbons (Fsp3) is 0.154. The fourth-order valence-corrected chi connectivity index (χ4v) is 4.96. The van der Waals surface area contributed by atoms with Gasteiger partial charge in [0.1, 0.15) is 5.82 Å². The Labute approximate surface area is 214 Å². The molecule has 0 aliphatic carbocycles. The molecule has 1 aliphatic heterocycles. The van der Waals surface area contributed by atoms with Gasteiger partial charge in [-0.05, 0) is 40.6 Å². The number of aliphatic carboxylic acids is 1. The first-order chi connectivity index (χ1) is 18.0. The first kappa shape index (κ1) is 24.3. The maximum atomic E-state index is 14.2. The third-order valence-corrected chi connectivity index (χ3v) is 6.68. The minimum Gasteiger partial charge on any atom is -0.493 e. The van der Waals surface area contributed by atoms with Gasteiger partial charge in [0.05, 0.1) is 23.9 Å². The van der Waals surface area contributed by atoms with Crippen molar-refractivity contribution >= 4 is 23.4 Å². The largest absolute Gasteiger partial charge is 0.493 e. The Morgan fingerprint density at radius 3 is 2.70 bits per heavy atom. The van der Waals surface area contributed by atoms with E-state index >= 15 is 0 Å². The molecule has 0 saturated heterocycles. The number of ether oxygens (including phenoxy) is 2. The molecule has 0 amide bonds. The number of fused-ring (bicyclic) bond motifs is 3. The zero-order valence-corrected chi connectivity index (χ0v) is 20.4. The van der Waals surface area contributed by atoms with Crippen molar-refractivity contribution in [2.75, 3.05) is 19.0 Å². The number of nitrogens with zero attached hydrogens (tertiary/aromatic N) is 2. The molecular weight excluding hydrogens is 499 g/mol. The predicted octanol–water partition coefficient (Wildman–Crippen LogP) is 3.60.